The van der Waals surface area contributed by atoms with Crippen molar-refractivity contribution >= 4 is 12.1 Å². The number of esters is 1. The molecule has 198 valence electrons. The monoisotopic (exact) mass is 499 g/mol. The third kappa shape index (κ3) is 8.43. The smallest absolute Gasteiger partial charge is 0.410 e. The predicted molar refractivity (Wildman–Crippen MR) is 129 cm³/mol. The van der Waals surface area contributed by atoms with Gasteiger partial charge in [0.25, 0.3) is 0 Å². The number of likely N-dealkylation sites (tertiary alicyclic amines) is 1. The molecule has 0 aromatic heterocycles. The van der Waals surface area contributed by atoms with Crippen LogP contribution in [0.2, 0.25) is 0 Å². The molecule has 0 saturated carbocycles. The van der Waals surface area contributed by atoms with Crippen molar-refractivity contribution in [3.8, 4) is 0 Å². The summed E-state index contributed by atoms with van der Waals surface area (Å²) in [7, 11) is 0. The molecule has 0 N–H and O–H groups in total. The largest absolute Gasteiger partial charge is 0.459 e. The number of carbonyl (C=O) groups excluding carboxylic acids is 2. The van der Waals surface area contributed by atoms with Crippen LogP contribution in [0.3, 0.4) is 0 Å². The molecule has 8 heteroatoms. The molecule has 1 saturated heterocycles. The fraction of sp³-hybridized carbons (Fsp3) is 0.704. The minimum absolute atomic E-state index is 0.0582. The van der Waals surface area contributed by atoms with Crippen LogP contribution in [0.4, 0.5) is 18.0 Å². The first-order valence-electron chi connectivity index (χ1n) is 12.3. The van der Waals surface area contributed by atoms with Crippen LogP contribution in [0.1, 0.15) is 96.8 Å². The van der Waals surface area contributed by atoms with E-state index in [0.29, 0.717) is 31.5 Å². The van der Waals surface area contributed by atoms with Gasteiger partial charge in [0.05, 0.1) is 5.92 Å². The lowest BCUT2D eigenvalue weighted by Crippen LogP contribution is -2.44. The summed E-state index contributed by atoms with van der Waals surface area (Å²) in [5.74, 6) is -2.58. The number of hydrogen-bond donors (Lipinski definition) is 0. The highest BCUT2D eigenvalue weighted by atomic mass is 19.3. The molecule has 1 aliphatic rings. The van der Waals surface area contributed by atoms with Crippen molar-refractivity contribution in [3.63, 3.8) is 0 Å². The predicted octanol–water partition coefficient (Wildman–Crippen LogP) is 6.83. The van der Waals surface area contributed by atoms with Crippen LogP contribution in [0.5, 0.6) is 0 Å². The summed E-state index contributed by atoms with van der Waals surface area (Å²) in [4.78, 5) is 27.5. The summed E-state index contributed by atoms with van der Waals surface area (Å²) >= 11 is 0. The second-order valence-corrected chi connectivity index (χ2v) is 11.6. The average Bonchev–Trinajstić information content (AvgIpc) is 2.67. The van der Waals surface area contributed by atoms with Gasteiger partial charge in [-0.2, -0.15) is 0 Å². The number of hydrogen-bond acceptors (Lipinski definition) is 4. The highest BCUT2D eigenvalue weighted by Gasteiger charge is 2.39. The van der Waals surface area contributed by atoms with Crippen molar-refractivity contribution in [1.82, 2.24) is 4.90 Å². The number of amides is 1. The summed E-state index contributed by atoms with van der Waals surface area (Å²) in [6, 6.07) is 2.96. The van der Waals surface area contributed by atoms with E-state index in [1.807, 2.05) is 13.8 Å². The SMILES string of the molecule is CC(C)c1cc(F)c(CC(F)F)c(C(C(=O)OC(C)(C)C)C2CCN(C(=O)OC(C)(C)C)CC2)c1. The maximum absolute atomic E-state index is 15.1. The van der Waals surface area contributed by atoms with Gasteiger partial charge in [-0.15, -0.1) is 0 Å². The highest BCUT2D eigenvalue weighted by Crippen LogP contribution is 2.39. The van der Waals surface area contributed by atoms with E-state index in [9.17, 15) is 18.4 Å². The van der Waals surface area contributed by atoms with Gasteiger partial charge < -0.3 is 14.4 Å². The van der Waals surface area contributed by atoms with E-state index in [1.165, 1.54) is 6.07 Å². The van der Waals surface area contributed by atoms with Gasteiger partial charge in [0.2, 0.25) is 6.43 Å². The van der Waals surface area contributed by atoms with Crippen LogP contribution in [-0.2, 0) is 20.7 Å². The maximum Gasteiger partial charge on any atom is 0.410 e. The Balaban J connectivity index is 2.47. The second-order valence-electron chi connectivity index (χ2n) is 11.6. The summed E-state index contributed by atoms with van der Waals surface area (Å²) < 4.78 is 53.2. The summed E-state index contributed by atoms with van der Waals surface area (Å²) in [6.07, 6.45) is -3.11. The van der Waals surface area contributed by atoms with E-state index in [1.54, 1.807) is 52.5 Å². The first kappa shape index (κ1) is 29.0. The molecular weight excluding hydrogens is 459 g/mol. The average molecular weight is 500 g/mol. The van der Waals surface area contributed by atoms with Crippen molar-refractivity contribution in [3.05, 3.63) is 34.6 Å². The topological polar surface area (TPSA) is 55.8 Å². The zero-order chi connectivity index (χ0) is 26.7. The van der Waals surface area contributed by atoms with Crippen molar-refractivity contribution in [2.75, 3.05) is 13.1 Å². The molecule has 1 amide bonds. The number of nitrogens with zero attached hydrogens (tertiary/aromatic N) is 1. The lowest BCUT2D eigenvalue weighted by molar-refractivity contribution is -0.158. The van der Waals surface area contributed by atoms with Gasteiger partial charge in [0.15, 0.2) is 0 Å². The number of benzene rings is 1. The van der Waals surface area contributed by atoms with E-state index in [-0.39, 0.29) is 23.0 Å². The molecule has 2 rings (SSSR count). The Morgan fingerprint density at radius 3 is 2.00 bits per heavy atom. The second kappa shape index (κ2) is 11.2. The first-order chi connectivity index (χ1) is 16.0. The summed E-state index contributed by atoms with van der Waals surface area (Å²) in [5, 5.41) is 0. The van der Waals surface area contributed by atoms with Crippen LogP contribution in [0.15, 0.2) is 12.1 Å². The molecule has 0 aliphatic carbocycles. The lowest BCUT2D eigenvalue weighted by Gasteiger charge is -2.37. The Morgan fingerprint density at radius 2 is 1.54 bits per heavy atom. The number of piperidine rings is 1. The molecule has 1 unspecified atom stereocenters. The van der Waals surface area contributed by atoms with E-state index in [2.05, 4.69) is 0 Å². The summed E-state index contributed by atoms with van der Waals surface area (Å²) in [5.41, 5.74) is -0.681. The molecule has 1 heterocycles. The van der Waals surface area contributed by atoms with Gasteiger partial charge in [-0.05, 0) is 89.0 Å². The van der Waals surface area contributed by atoms with Gasteiger partial charge in [-0.25, -0.2) is 18.0 Å². The third-order valence-electron chi connectivity index (χ3n) is 5.94. The maximum atomic E-state index is 15.1. The molecule has 0 bridgehead atoms. The number of carbonyl (C=O) groups is 2. The Kier molecular flexibility index (Phi) is 9.28. The number of halogens is 3. The standard InChI is InChI=1S/C27H40F3NO4/c1-16(2)18-13-20(19(15-22(29)30)21(28)14-18)23(24(32)34-26(3,4)5)17-9-11-31(12-10-17)25(33)35-27(6,7)8/h13-14,16-17,22-23H,9-12,15H2,1-8H3. The molecule has 1 atom stereocenters. The zero-order valence-electron chi connectivity index (χ0n) is 22.2. The van der Waals surface area contributed by atoms with Crippen molar-refractivity contribution in [2.24, 2.45) is 5.92 Å². The molecule has 1 aromatic rings. The highest BCUT2D eigenvalue weighted by molar-refractivity contribution is 5.80. The van der Waals surface area contributed by atoms with Crippen molar-refractivity contribution in [2.45, 2.75) is 104 Å². The van der Waals surface area contributed by atoms with Gasteiger partial charge in [0, 0.05) is 19.5 Å². The fourth-order valence-electron chi connectivity index (χ4n) is 4.34. The normalized spacial score (nSPS) is 16.5. The van der Waals surface area contributed by atoms with Gasteiger partial charge in [0.1, 0.15) is 17.0 Å². The lowest BCUT2D eigenvalue weighted by atomic mass is 9.77. The van der Waals surface area contributed by atoms with Crippen LogP contribution < -0.4 is 0 Å². The quantitative estimate of drug-likeness (QED) is 0.403. The molecule has 1 aliphatic heterocycles. The van der Waals surface area contributed by atoms with Gasteiger partial charge >= 0.3 is 12.1 Å². The van der Waals surface area contributed by atoms with Crippen molar-refractivity contribution in [1.29, 1.82) is 0 Å². The van der Waals surface area contributed by atoms with E-state index in [0.717, 1.165) is 0 Å². The van der Waals surface area contributed by atoms with Crippen LogP contribution in [0.25, 0.3) is 0 Å². The van der Waals surface area contributed by atoms with E-state index in [4.69, 9.17) is 9.47 Å². The molecule has 0 spiro atoms. The zero-order valence-corrected chi connectivity index (χ0v) is 22.2. The number of rotatable bonds is 6. The van der Waals surface area contributed by atoms with E-state index < -0.39 is 47.8 Å². The Morgan fingerprint density at radius 1 is 1.00 bits per heavy atom. The van der Waals surface area contributed by atoms with Gasteiger partial charge in [-0.3, -0.25) is 4.79 Å². The third-order valence-corrected chi connectivity index (χ3v) is 5.94. The van der Waals surface area contributed by atoms with Crippen LogP contribution >= 0.6 is 0 Å². The Hall–Kier alpha value is -2.25. The summed E-state index contributed by atoms with van der Waals surface area (Å²) in [6.45, 7) is 15.0. The van der Waals surface area contributed by atoms with Crippen LogP contribution in [-0.4, -0.2) is 47.7 Å². The van der Waals surface area contributed by atoms with Crippen LogP contribution in [0, 0.1) is 11.7 Å². The van der Waals surface area contributed by atoms with E-state index >= 15 is 4.39 Å². The minimum atomic E-state index is -2.76. The molecular formula is C27H40F3NO4. The molecule has 35 heavy (non-hydrogen) atoms. The van der Waals surface area contributed by atoms with Gasteiger partial charge in [-0.1, -0.05) is 19.9 Å². The number of ether oxygens (including phenoxy) is 2. The Bertz CT molecular complexity index is 895. The minimum Gasteiger partial charge on any atom is -0.459 e. The fourth-order valence-corrected chi connectivity index (χ4v) is 4.34. The number of alkyl halides is 2. The van der Waals surface area contributed by atoms with Crippen molar-refractivity contribution < 1.29 is 32.2 Å². The first-order valence-corrected chi connectivity index (χ1v) is 12.3. The Labute approximate surface area is 207 Å². The molecule has 1 aromatic carbocycles. The molecule has 5 nitrogen and oxygen atoms in total. The molecule has 0 radical (unpaired) electrons. The molecule has 1 fully saturated rings.